The topological polar surface area (TPSA) is 149 Å². The van der Waals surface area contributed by atoms with Crippen LogP contribution in [0.1, 0.15) is 306 Å². The fraction of sp³-hybridized carbons (Fsp3) is 0.882. The smallest absolute Gasteiger partial charge is 0.306 e. The highest BCUT2D eigenvalue weighted by Gasteiger charge is 2.64. The molecule has 526 valence electrons. The van der Waals surface area contributed by atoms with Crippen LogP contribution in [0.25, 0.3) is 0 Å². The second-order valence-electron chi connectivity index (χ2n) is 37.2. The van der Waals surface area contributed by atoms with Crippen molar-refractivity contribution in [3.8, 4) is 0 Å². The average Bonchev–Trinajstić information content (AvgIpc) is 1.70. The molecule has 0 bridgehead atoms. The minimum atomic E-state index is -0.689. The summed E-state index contributed by atoms with van der Waals surface area (Å²) >= 11 is 0. The zero-order valence-corrected chi connectivity index (χ0v) is 62.0. The van der Waals surface area contributed by atoms with E-state index in [1.54, 1.807) is 13.8 Å². The van der Waals surface area contributed by atoms with Crippen LogP contribution in [0.4, 0.5) is 0 Å². The number of aliphatic hydroxyl groups excluding tert-OH is 3. The number of aliphatic hydroxyl groups is 3. The Morgan fingerprint density at radius 3 is 1.16 bits per heavy atom. The van der Waals surface area contributed by atoms with E-state index in [-0.39, 0.29) is 63.6 Å². The lowest BCUT2D eigenvalue weighted by atomic mass is 9.45. The van der Waals surface area contributed by atoms with E-state index in [4.69, 9.17) is 5.11 Å². The number of carbonyl (C=O) groups is 4. The lowest BCUT2D eigenvalue weighted by Gasteiger charge is -2.60. The van der Waals surface area contributed by atoms with Crippen molar-refractivity contribution in [2.45, 2.75) is 322 Å². The summed E-state index contributed by atoms with van der Waals surface area (Å²) in [6.07, 6.45) is 38.7. The molecule has 0 saturated heterocycles. The minimum Gasteiger partial charge on any atom is -0.481 e. The van der Waals surface area contributed by atoms with Crippen molar-refractivity contribution in [2.24, 2.45) is 151 Å². The highest BCUT2D eigenvalue weighted by Crippen LogP contribution is 2.71. The molecule has 12 aliphatic carbocycles. The molecule has 0 aliphatic heterocycles. The summed E-state index contributed by atoms with van der Waals surface area (Å²) in [6, 6.07) is 0. The van der Waals surface area contributed by atoms with Crippen LogP contribution in [0.2, 0.25) is 0 Å². The second-order valence-corrected chi connectivity index (χ2v) is 37.2. The monoisotopic (exact) mass is 1290 g/mol. The Bertz CT molecular complexity index is 2740. The number of ketones is 3. The van der Waals surface area contributed by atoms with Gasteiger partial charge in [-0.05, 0) is 301 Å². The molecule has 0 radical (unpaired) electrons. The molecule has 0 amide bonds. The Morgan fingerprint density at radius 2 is 0.785 bits per heavy atom. The molecule has 29 atom stereocenters. The quantitative estimate of drug-likeness (QED) is 0.0992. The first-order valence-corrected chi connectivity index (χ1v) is 39.3. The van der Waals surface area contributed by atoms with Gasteiger partial charge >= 0.3 is 5.97 Å². The molecule has 93 heavy (non-hydrogen) atoms. The zero-order valence-electron chi connectivity index (χ0n) is 64.0. The van der Waals surface area contributed by atoms with Gasteiger partial charge in [0.25, 0.3) is 0 Å². The van der Waals surface area contributed by atoms with E-state index in [9.17, 15) is 37.2 Å². The molecule has 0 spiro atoms. The highest BCUT2D eigenvalue weighted by atomic mass is 16.4. The summed E-state index contributed by atoms with van der Waals surface area (Å²) < 4.78 is 18.9. The van der Waals surface area contributed by atoms with Crippen molar-refractivity contribution < 1.29 is 42.3 Å². The summed E-state index contributed by atoms with van der Waals surface area (Å²) in [6.45, 7) is 35.9. The largest absolute Gasteiger partial charge is 0.481 e. The fourth-order valence-electron chi connectivity index (χ4n) is 26.1. The molecule has 8 heteroatoms. The van der Waals surface area contributed by atoms with Crippen molar-refractivity contribution in [2.75, 3.05) is 0 Å². The Hall–Kier alpha value is -2.42. The maximum Gasteiger partial charge on any atom is 0.306 e. The van der Waals surface area contributed by atoms with Crippen LogP contribution in [0.15, 0.2) is 34.9 Å². The van der Waals surface area contributed by atoms with Crippen LogP contribution in [-0.4, -0.2) is 62.1 Å². The van der Waals surface area contributed by atoms with E-state index in [0.717, 1.165) is 121 Å². The van der Waals surface area contributed by atoms with Gasteiger partial charge in [0, 0.05) is 20.5 Å². The Morgan fingerprint density at radius 1 is 0.452 bits per heavy atom. The number of carboxylic acids is 1. The number of carbonyl (C=O) groups excluding carboxylic acids is 3. The van der Waals surface area contributed by atoms with Gasteiger partial charge in [-0.15, -0.1) is 0 Å². The van der Waals surface area contributed by atoms with Gasteiger partial charge in [0.15, 0.2) is 5.78 Å². The first-order valence-electron chi connectivity index (χ1n) is 40.3. The van der Waals surface area contributed by atoms with Crippen LogP contribution >= 0.6 is 0 Å². The molecular formula is C85H138O8. The molecule has 8 nitrogen and oxygen atoms in total. The average molecular weight is 1290 g/mol. The van der Waals surface area contributed by atoms with Crippen LogP contribution in [0.3, 0.4) is 0 Å². The van der Waals surface area contributed by atoms with Gasteiger partial charge in [0.2, 0.25) is 0 Å². The molecular weight excluding hydrogens is 1150 g/mol. The van der Waals surface area contributed by atoms with E-state index in [1.807, 2.05) is 13.0 Å². The van der Waals surface area contributed by atoms with Gasteiger partial charge in [-0.1, -0.05) is 164 Å². The number of rotatable bonds is 18. The predicted molar refractivity (Wildman–Crippen MR) is 379 cm³/mol. The summed E-state index contributed by atoms with van der Waals surface area (Å²) in [5.41, 5.74) is 5.41. The van der Waals surface area contributed by atoms with Crippen LogP contribution < -0.4 is 0 Å². The lowest BCUT2D eigenvalue weighted by Crippen LogP contribution is -2.53. The molecule has 9 saturated carbocycles. The van der Waals surface area contributed by atoms with E-state index in [1.165, 1.54) is 93.8 Å². The van der Waals surface area contributed by atoms with E-state index < -0.39 is 17.8 Å². The third kappa shape index (κ3) is 13.9. The molecule has 9 fully saturated rings. The second kappa shape index (κ2) is 28.7. The fourth-order valence-corrected chi connectivity index (χ4v) is 26.1. The first-order chi connectivity index (χ1) is 44.4. The number of aliphatic carboxylic acids is 1. The highest BCUT2D eigenvalue weighted by molar-refractivity contribution is 5.94. The molecule has 0 heterocycles. The molecule has 12 rings (SSSR count). The van der Waals surface area contributed by atoms with Gasteiger partial charge in [-0.3, -0.25) is 19.2 Å². The van der Waals surface area contributed by atoms with Gasteiger partial charge in [0.1, 0.15) is 11.6 Å². The van der Waals surface area contributed by atoms with Gasteiger partial charge in [-0.25, -0.2) is 0 Å². The SMILES string of the molecule is C[C@H](CCC[C@@H](C)[C@H]1CC[C@H]2[C@@H]3C(=O)C=C4C[C@@H](O)CC[C@]4(C)[C@H]3CC[C@]12C)C(=O)O.[2H][C@@]1(C)C=C2C[C@@H](O)CC[C@]2(C)[C@H]2CC[C@]3(C)[C@@H]([C@H](C)CCC[C@@H](C)C(C)=O)CC[C@H]3[C@@H]21.[2H][C@@]1(C)C=C2C[C@@H](O)CC[C@]2(C)[C@H]2CC[C@]3(C)[C@@H]([C@H](C)CCC[C@@H](C)C(C)=O)CC[C@H]3[C@@H]21. The van der Waals surface area contributed by atoms with Crippen molar-refractivity contribution in [1.29, 1.82) is 0 Å². The number of allylic oxidation sites excluding steroid dienone is 3. The van der Waals surface area contributed by atoms with Crippen molar-refractivity contribution >= 4 is 23.3 Å². The van der Waals surface area contributed by atoms with Crippen molar-refractivity contribution in [1.82, 2.24) is 0 Å². The number of hydrogen-bond donors (Lipinski definition) is 4. The molecule has 4 N–H and O–H groups in total. The van der Waals surface area contributed by atoms with Gasteiger partial charge in [0.05, 0.1) is 24.2 Å². The number of Topliss-reactive ketones (excluding diaryl/α,β-unsaturated/α-hetero) is 2. The normalized spacial score (nSPS) is 47.5. The number of hydrogen-bond acceptors (Lipinski definition) is 7. The molecule has 0 aromatic heterocycles. The third-order valence-corrected chi connectivity index (χ3v) is 32.3. The standard InChI is InChI=1S/2C29H48O2.C27H42O4/c2*1-18(21(4)30)8-7-9-19(2)24-10-11-25-27-20(3)16-22-17-23(31)12-14-28(22,5)26(27)13-15-29(24,25)6;1-16(6-5-7-17(2)25(30)31)20-8-9-21-24-22(11-13-27(20,21)4)26(3)12-10-19(28)14-18(26)15-23(24)29/h2*16,18-20,23-27,31H,7-15,17H2,1-6H3;15-17,19-22,24,28H,5-14H2,1-4H3,(H,30,31)/t2*18-,19-,20-,23+,24-,25+,26+,27+,28+,29-;16-,17-,19+,20-,21+,22+,24+,26+,27-/m111/s1/i2*20D;. The summed E-state index contributed by atoms with van der Waals surface area (Å²) in [5.74, 6) is 8.00. The van der Waals surface area contributed by atoms with Gasteiger partial charge in [-0.2, -0.15) is 0 Å². The lowest BCUT2D eigenvalue weighted by molar-refractivity contribution is -0.141. The minimum absolute atomic E-state index is 0.0931. The Balaban J connectivity index is 0.000000155. The van der Waals surface area contributed by atoms with Crippen LogP contribution in [0, 0.1) is 151 Å². The zero-order chi connectivity index (χ0) is 69.5. The summed E-state index contributed by atoms with van der Waals surface area (Å²) in [7, 11) is 0. The van der Waals surface area contributed by atoms with E-state index in [0.29, 0.717) is 106 Å². The van der Waals surface area contributed by atoms with E-state index >= 15 is 0 Å². The van der Waals surface area contributed by atoms with Crippen LogP contribution in [-0.2, 0) is 19.2 Å². The summed E-state index contributed by atoms with van der Waals surface area (Å²) in [4.78, 5) is 47.8. The summed E-state index contributed by atoms with van der Waals surface area (Å²) in [5, 5.41) is 40.0. The van der Waals surface area contributed by atoms with E-state index in [2.05, 4.69) is 102 Å². The molecule has 0 aromatic carbocycles. The van der Waals surface area contributed by atoms with Gasteiger partial charge < -0.3 is 20.4 Å². The third-order valence-electron chi connectivity index (χ3n) is 32.3. The Kier molecular flexibility index (Phi) is 21.7. The predicted octanol–water partition coefficient (Wildman–Crippen LogP) is 20.0. The van der Waals surface area contributed by atoms with Crippen molar-refractivity contribution in [3.63, 3.8) is 0 Å². The molecule has 0 aromatic rings. The molecule has 0 unspecified atom stereocenters. The first kappa shape index (κ1) is 70.4. The molecule has 12 aliphatic rings. The van der Waals surface area contributed by atoms with Crippen molar-refractivity contribution in [3.05, 3.63) is 34.9 Å². The maximum atomic E-state index is 13.4. The van der Waals surface area contributed by atoms with Crippen LogP contribution in [0.5, 0.6) is 0 Å². The Labute approximate surface area is 570 Å². The number of carboxylic acid groups (broad SMARTS) is 1. The number of fused-ring (bicyclic) bond motifs is 15. The maximum absolute atomic E-state index is 13.4.